The molecule has 2 aromatic carbocycles. The molecular formula is C18H22NO+. The van der Waals surface area contributed by atoms with Crippen molar-refractivity contribution in [3.05, 3.63) is 48.0 Å². The van der Waals surface area contributed by atoms with E-state index in [-0.39, 0.29) is 5.78 Å². The molecule has 1 fully saturated rings. The first-order valence-corrected chi connectivity index (χ1v) is 7.52. The Morgan fingerprint density at radius 1 is 1.05 bits per heavy atom. The van der Waals surface area contributed by atoms with Gasteiger partial charge in [0.2, 0.25) is 0 Å². The van der Waals surface area contributed by atoms with Crippen molar-refractivity contribution in [3.63, 3.8) is 0 Å². The molecule has 0 amide bonds. The number of nitrogens with zero attached hydrogens (tertiary/aromatic N) is 1. The third-order valence-electron chi connectivity index (χ3n) is 4.60. The first-order chi connectivity index (χ1) is 9.66. The second-order valence-corrected chi connectivity index (χ2v) is 6.23. The number of quaternary nitrogens is 1. The van der Waals surface area contributed by atoms with Crippen LogP contribution < -0.4 is 0 Å². The number of carbonyl (C=O) groups is 1. The van der Waals surface area contributed by atoms with Crippen LogP contribution in [0.1, 0.15) is 29.6 Å². The van der Waals surface area contributed by atoms with Gasteiger partial charge in [-0.05, 0) is 16.8 Å². The summed E-state index contributed by atoms with van der Waals surface area (Å²) in [4.78, 5) is 12.4. The van der Waals surface area contributed by atoms with Crippen LogP contribution in [-0.2, 0) is 0 Å². The highest BCUT2D eigenvalue weighted by Crippen LogP contribution is 2.19. The van der Waals surface area contributed by atoms with Crippen molar-refractivity contribution in [1.82, 2.24) is 0 Å². The fourth-order valence-corrected chi connectivity index (χ4v) is 3.20. The van der Waals surface area contributed by atoms with Gasteiger partial charge in [0, 0.05) is 18.4 Å². The molecule has 0 aliphatic carbocycles. The summed E-state index contributed by atoms with van der Waals surface area (Å²) in [6.07, 6.45) is 3.27. The molecule has 3 rings (SSSR count). The highest BCUT2D eigenvalue weighted by molar-refractivity contribution is 5.99. The minimum absolute atomic E-state index is 0.280. The molecule has 1 saturated heterocycles. The molecular weight excluding hydrogens is 246 g/mol. The zero-order valence-electron chi connectivity index (χ0n) is 12.1. The largest absolute Gasteiger partial charge is 0.326 e. The van der Waals surface area contributed by atoms with Crippen LogP contribution >= 0.6 is 0 Å². The van der Waals surface area contributed by atoms with Gasteiger partial charge in [0.05, 0.1) is 33.1 Å². The first-order valence-electron chi connectivity index (χ1n) is 7.52. The minimum Gasteiger partial charge on any atom is -0.326 e. The number of rotatable bonds is 4. The standard InChI is InChI=1S/C18H22NO/c1-19(11-4-5-12-19)13-10-18(20)17-9-8-15-6-2-3-7-16(15)14-17/h2-3,6-9,14H,4-5,10-13H2,1H3/q+1. The summed E-state index contributed by atoms with van der Waals surface area (Å²) in [5, 5.41) is 2.35. The van der Waals surface area contributed by atoms with Crippen molar-refractivity contribution in [2.75, 3.05) is 26.7 Å². The van der Waals surface area contributed by atoms with Gasteiger partial charge >= 0.3 is 0 Å². The number of carbonyl (C=O) groups excluding carboxylic acids is 1. The van der Waals surface area contributed by atoms with Crippen LogP contribution in [0.15, 0.2) is 42.5 Å². The fourth-order valence-electron chi connectivity index (χ4n) is 3.20. The van der Waals surface area contributed by atoms with Gasteiger partial charge in [-0.2, -0.15) is 0 Å². The van der Waals surface area contributed by atoms with Gasteiger partial charge in [-0.15, -0.1) is 0 Å². The molecule has 2 nitrogen and oxygen atoms in total. The molecule has 2 aromatic rings. The fraction of sp³-hybridized carbons (Fsp3) is 0.389. The summed E-state index contributed by atoms with van der Waals surface area (Å²) in [5.74, 6) is 0.280. The summed E-state index contributed by atoms with van der Waals surface area (Å²) in [5.41, 5.74) is 0.856. The average Bonchev–Trinajstić information content (AvgIpc) is 2.91. The molecule has 20 heavy (non-hydrogen) atoms. The third kappa shape index (κ3) is 2.75. The predicted molar refractivity (Wildman–Crippen MR) is 82.9 cm³/mol. The van der Waals surface area contributed by atoms with Gasteiger partial charge in [0.25, 0.3) is 0 Å². The molecule has 0 aromatic heterocycles. The van der Waals surface area contributed by atoms with Crippen molar-refractivity contribution < 1.29 is 9.28 Å². The van der Waals surface area contributed by atoms with Crippen LogP contribution in [-0.4, -0.2) is 36.9 Å². The number of ketones is 1. The zero-order valence-corrected chi connectivity index (χ0v) is 12.1. The van der Waals surface area contributed by atoms with Gasteiger partial charge < -0.3 is 4.48 Å². The maximum atomic E-state index is 12.4. The second kappa shape index (κ2) is 5.37. The lowest BCUT2D eigenvalue weighted by Crippen LogP contribution is -2.42. The lowest BCUT2D eigenvalue weighted by atomic mass is 10.0. The van der Waals surface area contributed by atoms with E-state index in [0.29, 0.717) is 6.42 Å². The van der Waals surface area contributed by atoms with E-state index in [1.165, 1.54) is 31.3 Å². The Morgan fingerprint density at radius 3 is 2.50 bits per heavy atom. The Kier molecular flexibility index (Phi) is 3.58. The molecule has 0 bridgehead atoms. The molecule has 104 valence electrons. The van der Waals surface area contributed by atoms with Crippen LogP contribution in [0.2, 0.25) is 0 Å². The smallest absolute Gasteiger partial charge is 0.168 e. The average molecular weight is 268 g/mol. The van der Waals surface area contributed by atoms with Crippen molar-refractivity contribution >= 4 is 16.6 Å². The van der Waals surface area contributed by atoms with E-state index < -0.39 is 0 Å². The van der Waals surface area contributed by atoms with E-state index in [0.717, 1.165) is 22.0 Å². The molecule has 0 atom stereocenters. The summed E-state index contributed by atoms with van der Waals surface area (Å²) in [7, 11) is 2.28. The van der Waals surface area contributed by atoms with Crippen LogP contribution in [0.3, 0.4) is 0 Å². The number of Topliss-reactive ketones (excluding diaryl/α,β-unsaturated/α-hetero) is 1. The van der Waals surface area contributed by atoms with Gasteiger partial charge in [-0.25, -0.2) is 0 Å². The summed E-state index contributed by atoms with van der Waals surface area (Å²) >= 11 is 0. The van der Waals surface area contributed by atoms with E-state index >= 15 is 0 Å². The van der Waals surface area contributed by atoms with Crippen molar-refractivity contribution in [2.45, 2.75) is 19.3 Å². The normalized spacial score (nSPS) is 17.4. The van der Waals surface area contributed by atoms with E-state index in [1.807, 2.05) is 24.3 Å². The maximum Gasteiger partial charge on any atom is 0.168 e. The Labute approximate surface area is 120 Å². The van der Waals surface area contributed by atoms with Crippen molar-refractivity contribution in [3.8, 4) is 0 Å². The summed E-state index contributed by atoms with van der Waals surface area (Å²) in [6.45, 7) is 3.43. The first kappa shape index (κ1) is 13.3. The molecule has 1 aliphatic rings. The molecule has 0 N–H and O–H groups in total. The lowest BCUT2D eigenvalue weighted by Gasteiger charge is -2.28. The quantitative estimate of drug-likeness (QED) is 0.611. The van der Waals surface area contributed by atoms with Crippen molar-refractivity contribution in [2.24, 2.45) is 0 Å². The highest BCUT2D eigenvalue weighted by atomic mass is 16.1. The Bertz CT molecular complexity index is 626. The molecule has 0 saturated carbocycles. The molecule has 2 heteroatoms. The second-order valence-electron chi connectivity index (χ2n) is 6.23. The van der Waals surface area contributed by atoms with Crippen molar-refractivity contribution in [1.29, 1.82) is 0 Å². The van der Waals surface area contributed by atoms with Gasteiger partial charge in [0.1, 0.15) is 0 Å². The molecule has 0 radical (unpaired) electrons. The SMILES string of the molecule is C[N+]1(CCC(=O)c2ccc3ccccc3c2)CCCC1. The van der Waals surface area contributed by atoms with Gasteiger partial charge in [0.15, 0.2) is 5.78 Å². The van der Waals surface area contributed by atoms with E-state index in [2.05, 4.69) is 25.2 Å². The van der Waals surface area contributed by atoms with Gasteiger partial charge in [-0.1, -0.05) is 36.4 Å². The summed E-state index contributed by atoms with van der Waals surface area (Å²) < 4.78 is 1.07. The third-order valence-corrected chi connectivity index (χ3v) is 4.60. The molecule has 0 unspecified atom stereocenters. The number of hydrogen-bond acceptors (Lipinski definition) is 1. The minimum atomic E-state index is 0.280. The molecule has 1 heterocycles. The van der Waals surface area contributed by atoms with E-state index in [9.17, 15) is 4.79 Å². The Balaban J connectivity index is 1.72. The van der Waals surface area contributed by atoms with E-state index in [4.69, 9.17) is 0 Å². The zero-order chi connectivity index (χ0) is 14.0. The highest BCUT2D eigenvalue weighted by Gasteiger charge is 2.27. The number of fused-ring (bicyclic) bond motifs is 1. The number of hydrogen-bond donors (Lipinski definition) is 0. The van der Waals surface area contributed by atoms with Crippen LogP contribution in [0.4, 0.5) is 0 Å². The number of likely N-dealkylation sites (tertiary alicyclic amines) is 1. The van der Waals surface area contributed by atoms with E-state index in [1.54, 1.807) is 0 Å². The summed E-state index contributed by atoms with van der Waals surface area (Å²) in [6, 6.07) is 14.3. The monoisotopic (exact) mass is 268 g/mol. The topological polar surface area (TPSA) is 17.1 Å². The predicted octanol–water partition coefficient (Wildman–Crippen LogP) is 3.65. The Morgan fingerprint density at radius 2 is 1.75 bits per heavy atom. The van der Waals surface area contributed by atoms with Crippen LogP contribution in [0.25, 0.3) is 10.8 Å². The maximum absolute atomic E-state index is 12.4. The lowest BCUT2D eigenvalue weighted by molar-refractivity contribution is -0.897. The molecule has 0 spiro atoms. The Hall–Kier alpha value is -1.67. The number of benzene rings is 2. The molecule has 1 aliphatic heterocycles. The van der Waals surface area contributed by atoms with Crippen LogP contribution in [0.5, 0.6) is 0 Å². The van der Waals surface area contributed by atoms with Gasteiger partial charge in [-0.3, -0.25) is 4.79 Å². The van der Waals surface area contributed by atoms with Crippen LogP contribution in [0, 0.1) is 0 Å².